The predicted molar refractivity (Wildman–Crippen MR) is 72.7 cm³/mol. The van der Waals surface area contributed by atoms with Gasteiger partial charge in [0.15, 0.2) is 0 Å². The molecule has 0 fully saturated rings. The van der Waals surface area contributed by atoms with Gasteiger partial charge in [0.2, 0.25) is 0 Å². The SMILES string of the molecule is C[C@H]1CN(c2ccc(C(F)(F)F)c(CF)n2)C(=O)c2ccnn21. The van der Waals surface area contributed by atoms with E-state index in [1.165, 1.54) is 17.2 Å². The van der Waals surface area contributed by atoms with Crippen molar-refractivity contribution in [1.29, 1.82) is 0 Å². The highest BCUT2D eigenvalue weighted by Gasteiger charge is 2.36. The van der Waals surface area contributed by atoms with E-state index >= 15 is 0 Å². The Bertz CT molecular complexity index is 755. The summed E-state index contributed by atoms with van der Waals surface area (Å²) in [5.74, 6) is -0.437. The van der Waals surface area contributed by atoms with Crippen LogP contribution < -0.4 is 4.90 Å². The van der Waals surface area contributed by atoms with E-state index in [-0.39, 0.29) is 18.4 Å². The van der Waals surface area contributed by atoms with E-state index in [0.717, 1.165) is 12.1 Å². The first kappa shape index (κ1) is 15.4. The molecule has 0 saturated carbocycles. The molecule has 1 atom stereocenters. The van der Waals surface area contributed by atoms with Gasteiger partial charge in [0.1, 0.15) is 18.2 Å². The van der Waals surface area contributed by atoms with E-state index in [9.17, 15) is 22.4 Å². The van der Waals surface area contributed by atoms with Crippen LogP contribution in [0.15, 0.2) is 24.4 Å². The van der Waals surface area contributed by atoms with Crippen LogP contribution in [-0.2, 0) is 12.9 Å². The number of pyridine rings is 1. The Labute approximate surface area is 128 Å². The molecule has 3 rings (SSSR count). The summed E-state index contributed by atoms with van der Waals surface area (Å²) >= 11 is 0. The zero-order chi connectivity index (χ0) is 16.8. The number of rotatable bonds is 2. The molecule has 0 unspecified atom stereocenters. The van der Waals surface area contributed by atoms with Gasteiger partial charge in [-0.25, -0.2) is 9.37 Å². The van der Waals surface area contributed by atoms with Crippen LogP contribution in [0.1, 0.15) is 34.7 Å². The van der Waals surface area contributed by atoms with Crippen LogP contribution in [0, 0.1) is 0 Å². The average molecular weight is 328 g/mol. The molecular formula is C14H12F4N4O. The third-order valence-corrected chi connectivity index (χ3v) is 3.67. The van der Waals surface area contributed by atoms with Gasteiger partial charge in [-0.3, -0.25) is 14.4 Å². The first-order chi connectivity index (χ1) is 10.8. The molecule has 0 aliphatic carbocycles. The second-order valence-electron chi connectivity index (χ2n) is 5.22. The highest BCUT2D eigenvalue weighted by Crippen LogP contribution is 2.33. The number of carbonyl (C=O) groups excluding carboxylic acids is 1. The van der Waals surface area contributed by atoms with Gasteiger partial charge in [-0.05, 0) is 25.1 Å². The number of hydrogen-bond donors (Lipinski definition) is 0. The zero-order valence-corrected chi connectivity index (χ0v) is 12.0. The van der Waals surface area contributed by atoms with Crippen molar-refractivity contribution < 1.29 is 22.4 Å². The number of halogens is 4. The normalized spacial score (nSPS) is 18.2. The number of amides is 1. The molecular weight excluding hydrogens is 316 g/mol. The maximum atomic E-state index is 12.9. The van der Waals surface area contributed by atoms with Crippen molar-refractivity contribution in [3.8, 4) is 0 Å². The third kappa shape index (κ3) is 2.55. The fourth-order valence-electron chi connectivity index (χ4n) is 2.60. The number of carbonyl (C=O) groups is 1. The third-order valence-electron chi connectivity index (χ3n) is 3.67. The van der Waals surface area contributed by atoms with Crippen molar-refractivity contribution in [2.45, 2.75) is 25.8 Å². The highest BCUT2D eigenvalue weighted by molar-refractivity contribution is 6.05. The summed E-state index contributed by atoms with van der Waals surface area (Å²) < 4.78 is 52.9. The second-order valence-corrected chi connectivity index (χ2v) is 5.22. The fraction of sp³-hybridized carbons (Fsp3) is 0.357. The Hall–Kier alpha value is -2.45. The molecule has 1 aliphatic rings. The molecule has 2 aromatic heterocycles. The average Bonchev–Trinajstić information content (AvgIpc) is 2.99. The molecule has 0 N–H and O–H groups in total. The van der Waals surface area contributed by atoms with Gasteiger partial charge in [0.25, 0.3) is 5.91 Å². The van der Waals surface area contributed by atoms with Crippen LogP contribution in [-0.4, -0.2) is 27.2 Å². The number of hydrogen-bond acceptors (Lipinski definition) is 3. The lowest BCUT2D eigenvalue weighted by Crippen LogP contribution is -2.43. The first-order valence-electron chi connectivity index (χ1n) is 6.81. The van der Waals surface area contributed by atoms with Gasteiger partial charge >= 0.3 is 6.18 Å². The molecule has 9 heteroatoms. The van der Waals surface area contributed by atoms with E-state index in [1.54, 1.807) is 4.68 Å². The molecule has 0 saturated heterocycles. The van der Waals surface area contributed by atoms with E-state index < -0.39 is 30.0 Å². The van der Waals surface area contributed by atoms with E-state index in [4.69, 9.17) is 0 Å². The lowest BCUT2D eigenvalue weighted by molar-refractivity contribution is -0.138. The molecule has 1 aliphatic heterocycles. The topological polar surface area (TPSA) is 51.0 Å². The summed E-state index contributed by atoms with van der Waals surface area (Å²) in [6.45, 7) is 0.645. The van der Waals surface area contributed by atoms with Crippen LogP contribution in [0.5, 0.6) is 0 Å². The zero-order valence-electron chi connectivity index (χ0n) is 12.0. The van der Waals surface area contributed by atoms with Crippen LogP contribution >= 0.6 is 0 Å². The molecule has 122 valence electrons. The Balaban J connectivity index is 2.02. The summed E-state index contributed by atoms with van der Waals surface area (Å²) in [4.78, 5) is 17.4. The molecule has 5 nitrogen and oxygen atoms in total. The lowest BCUT2D eigenvalue weighted by Gasteiger charge is -2.31. The summed E-state index contributed by atoms with van der Waals surface area (Å²) in [6, 6.07) is 3.18. The molecule has 0 bridgehead atoms. The molecule has 1 amide bonds. The second kappa shape index (κ2) is 5.32. The first-order valence-corrected chi connectivity index (χ1v) is 6.81. The monoisotopic (exact) mass is 328 g/mol. The Morgan fingerprint density at radius 3 is 2.70 bits per heavy atom. The number of anilines is 1. The van der Waals surface area contributed by atoms with Crippen LogP contribution in [0.3, 0.4) is 0 Å². The summed E-state index contributed by atoms with van der Waals surface area (Å²) in [7, 11) is 0. The van der Waals surface area contributed by atoms with E-state index in [2.05, 4.69) is 10.1 Å². The van der Waals surface area contributed by atoms with Crippen molar-refractivity contribution in [2.75, 3.05) is 11.4 Å². The van der Waals surface area contributed by atoms with Gasteiger partial charge < -0.3 is 0 Å². The Morgan fingerprint density at radius 1 is 1.30 bits per heavy atom. The molecule has 23 heavy (non-hydrogen) atoms. The summed E-state index contributed by atoms with van der Waals surface area (Å²) in [5.41, 5.74) is -1.55. The molecule has 2 aromatic rings. The van der Waals surface area contributed by atoms with Gasteiger partial charge in [0.05, 0.1) is 17.3 Å². The minimum atomic E-state index is -4.69. The summed E-state index contributed by atoms with van der Waals surface area (Å²) in [5, 5.41) is 4.04. The molecule has 0 spiro atoms. The van der Waals surface area contributed by atoms with E-state index in [0.29, 0.717) is 5.69 Å². The van der Waals surface area contributed by atoms with Crippen molar-refractivity contribution in [2.24, 2.45) is 0 Å². The number of aromatic nitrogens is 3. The van der Waals surface area contributed by atoms with Gasteiger partial charge in [-0.1, -0.05) is 0 Å². The van der Waals surface area contributed by atoms with Crippen LogP contribution in [0.25, 0.3) is 0 Å². The van der Waals surface area contributed by atoms with Gasteiger partial charge in [0, 0.05) is 12.7 Å². The Kier molecular flexibility index (Phi) is 3.57. The van der Waals surface area contributed by atoms with Gasteiger partial charge in [-0.15, -0.1) is 0 Å². The summed E-state index contributed by atoms with van der Waals surface area (Å²) in [6.07, 6.45) is -3.22. The maximum Gasteiger partial charge on any atom is 0.418 e. The van der Waals surface area contributed by atoms with E-state index in [1.807, 2.05) is 6.92 Å². The minimum absolute atomic E-state index is 0.00468. The molecule has 0 aromatic carbocycles. The largest absolute Gasteiger partial charge is 0.418 e. The number of alkyl halides is 4. The highest BCUT2D eigenvalue weighted by atomic mass is 19.4. The van der Waals surface area contributed by atoms with Crippen LogP contribution in [0.2, 0.25) is 0 Å². The van der Waals surface area contributed by atoms with Crippen LogP contribution in [0.4, 0.5) is 23.4 Å². The molecule has 3 heterocycles. The molecule has 0 radical (unpaired) electrons. The van der Waals surface area contributed by atoms with Crippen molar-refractivity contribution >= 4 is 11.7 Å². The standard InChI is InChI=1S/C14H12F4N4O/c1-8-7-21(13(23)11-4-5-19-22(8)11)12-3-2-9(14(16,17)18)10(6-15)20-12/h2-5,8H,6-7H2,1H3/t8-/m0/s1. The maximum absolute atomic E-state index is 12.9. The predicted octanol–water partition coefficient (Wildman–Crippen LogP) is 2.99. The van der Waals surface area contributed by atoms with Crippen molar-refractivity contribution in [3.05, 3.63) is 41.3 Å². The fourth-order valence-corrected chi connectivity index (χ4v) is 2.60. The number of fused-ring (bicyclic) bond motifs is 1. The van der Waals surface area contributed by atoms with Crippen molar-refractivity contribution in [3.63, 3.8) is 0 Å². The smallest absolute Gasteiger partial charge is 0.289 e. The minimum Gasteiger partial charge on any atom is -0.289 e. The lowest BCUT2D eigenvalue weighted by atomic mass is 10.1. The number of nitrogens with zero attached hydrogens (tertiary/aromatic N) is 4. The quantitative estimate of drug-likeness (QED) is 0.797. The Morgan fingerprint density at radius 2 is 2.04 bits per heavy atom. The van der Waals surface area contributed by atoms with Gasteiger partial charge in [-0.2, -0.15) is 18.3 Å². The van der Waals surface area contributed by atoms with Crippen molar-refractivity contribution in [1.82, 2.24) is 14.8 Å².